The van der Waals surface area contributed by atoms with Crippen molar-refractivity contribution in [2.24, 2.45) is 0 Å². The van der Waals surface area contributed by atoms with Crippen molar-refractivity contribution < 1.29 is 14.3 Å². The summed E-state index contributed by atoms with van der Waals surface area (Å²) in [5, 5.41) is 8.68. The normalized spacial score (nSPS) is 10.4. The average molecular weight is 388 g/mol. The first-order valence-electron chi connectivity index (χ1n) is 5.48. The molecule has 0 aromatic heterocycles. The minimum atomic E-state index is -0.847. The maximum Gasteiger partial charge on any atom is 0.307 e. The van der Waals surface area contributed by atoms with Crippen LogP contribution in [0.2, 0.25) is 0 Å². The summed E-state index contributed by atoms with van der Waals surface area (Å²) in [6, 6.07) is 12.3. The molecule has 0 aliphatic rings. The molecular weight excluding hydrogens is 378 g/mol. The number of halogens is 2. The highest BCUT2D eigenvalue weighted by Gasteiger charge is 2.04. The molecule has 98 valence electrons. The molecule has 0 heterocycles. The summed E-state index contributed by atoms with van der Waals surface area (Å²) in [5.74, 6) is -1.08. The Hall–Kier alpha value is -1.08. The molecule has 2 aromatic rings. The lowest BCUT2D eigenvalue weighted by atomic mass is 10.2. The third kappa shape index (κ3) is 4.21. The highest BCUT2D eigenvalue weighted by molar-refractivity contribution is 14.1. The third-order valence-corrected chi connectivity index (χ3v) is 4.28. The van der Waals surface area contributed by atoms with Crippen LogP contribution >= 0.6 is 34.4 Å². The zero-order valence-electron chi connectivity index (χ0n) is 9.77. The zero-order chi connectivity index (χ0) is 13.8. The summed E-state index contributed by atoms with van der Waals surface area (Å²) in [6.07, 6.45) is 0.0170. The lowest BCUT2D eigenvalue weighted by Gasteiger charge is -2.04. The Bertz CT molecular complexity index is 599. The number of rotatable bonds is 4. The molecule has 2 aromatic carbocycles. The molecule has 0 aliphatic heterocycles. The first-order chi connectivity index (χ1) is 9.04. The van der Waals surface area contributed by atoms with Crippen molar-refractivity contribution in [3.05, 3.63) is 57.4 Å². The van der Waals surface area contributed by atoms with E-state index in [0.717, 1.165) is 15.4 Å². The quantitative estimate of drug-likeness (QED) is 0.798. The van der Waals surface area contributed by atoms with Crippen molar-refractivity contribution in [1.82, 2.24) is 0 Å². The van der Waals surface area contributed by atoms with E-state index in [1.54, 1.807) is 18.2 Å². The number of aliphatic carboxylic acids is 1. The summed E-state index contributed by atoms with van der Waals surface area (Å²) in [5.41, 5.74) is 0.755. The molecule has 0 fully saturated rings. The van der Waals surface area contributed by atoms with E-state index in [4.69, 9.17) is 5.11 Å². The van der Waals surface area contributed by atoms with Gasteiger partial charge in [-0.3, -0.25) is 4.79 Å². The molecule has 19 heavy (non-hydrogen) atoms. The van der Waals surface area contributed by atoms with Crippen LogP contribution in [-0.4, -0.2) is 11.1 Å². The first kappa shape index (κ1) is 14.3. The number of carbonyl (C=O) groups is 1. The van der Waals surface area contributed by atoms with E-state index in [0.29, 0.717) is 3.57 Å². The van der Waals surface area contributed by atoms with Crippen LogP contribution in [0.5, 0.6) is 0 Å². The Balaban J connectivity index is 2.10. The Kier molecular flexibility index (Phi) is 4.81. The van der Waals surface area contributed by atoms with Crippen LogP contribution in [0.4, 0.5) is 4.39 Å². The molecule has 0 aliphatic carbocycles. The van der Waals surface area contributed by atoms with Crippen LogP contribution in [0.15, 0.2) is 52.3 Å². The molecule has 2 rings (SSSR count). The van der Waals surface area contributed by atoms with Crippen LogP contribution in [0, 0.1) is 9.39 Å². The summed E-state index contributed by atoms with van der Waals surface area (Å²) >= 11 is 3.39. The van der Waals surface area contributed by atoms with E-state index in [9.17, 15) is 9.18 Å². The first-order valence-corrected chi connectivity index (χ1v) is 7.38. The van der Waals surface area contributed by atoms with Gasteiger partial charge in [0.15, 0.2) is 0 Å². The van der Waals surface area contributed by atoms with Gasteiger partial charge in [-0.15, -0.1) is 0 Å². The van der Waals surface area contributed by atoms with E-state index in [2.05, 4.69) is 0 Å². The van der Waals surface area contributed by atoms with Crippen molar-refractivity contribution >= 4 is 40.3 Å². The van der Waals surface area contributed by atoms with Crippen LogP contribution < -0.4 is 0 Å². The maximum atomic E-state index is 13.4. The smallest absolute Gasteiger partial charge is 0.307 e. The van der Waals surface area contributed by atoms with Crippen LogP contribution in [-0.2, 0) is 11.2 Å². The van der Waals surface area contributed by atoms with Gasteiger partial charge in [0.05, 0.1) is 6.42 Å². The van der Waals surface area contributed by atoms with Gasteiger partial charge in [-0.2, -0.15) is 0 Å². The second-order valence-electron chi connectivity index (χ2n) is 3.89. The minimum absolute atomic E-state index is 0.0170. The lowest BCUT2D eigenvalue weighted by Crippen LogP contribution is -1.99. The van der Waals surface area contributed by atoms with Crippen molar-refractivity contribution in [3.8, 4) is 0 Å². The molecule has 0 radical (unpaired) electrons. The predicted molar refractivity (Wildman–Crippen MR) is 81.0 cm³/mol. The predicted octanol–water partition coefficient (Wildman–Crippen LogP) is 4.21. The number of hydrogen-bond donors (Lipinski definition) is 1. The Labute approximate surface area is 128 Å². The summed E-state index contributed by atoms with van der Waals surface area (Å²) < 4.78 is 14.0. The molecular formula is C14H10FIO2S. The van der Waals surface area contributed by atoms with Crippen molar-refractivity contribution in [2.75, 3.05) is 0 Å². The second kappa shape index (κ2) is 6.38. The maximum absolute atomic E-state index is 13.4. The molecule has 0 unspecified atom stereocenters. The summed E-state index contributed by atoms with van der Waals surface area (Å²) in [6.45, 7) is 0. The molecule has 0 atom stereocenters. The lowest BCUT2D eigenvalue weighted by molar-refractivity contribution is -0.136. The van der Waals surface area contributed by atoms with E-state index < -0.39 is 5.97 Å². The van der Waals surface area contributed by atoms with Gasteiger partial charge in [-0.1, -0.05) is 23.9 Å². The summed E-state index contributed by atoms with van der Waals surface area (Å²) in [7, 11) is 0. The second-order valence-corrected chi connectivity index (χ2v) is 6.20. The van der Waals surface area contributed by atoms with Gasteiger partial charge in [0.1, 0.15) is 5.82 Å². The van der Waals surface area contributed by atoms with Crippen molar-refractivity contribution in [3.63, 3.8) is 0 Å². The van der Waals surface area contributed by atoms with Crippen LogP contribution in [0.3, 0.4) is 0 Å². The Morgan fingerprint density at radius 2 is 1.79 bits per heavy atom. The third-order valence-electron chi connectivity index (χ3n) is 2.41. The molecule has 2 nitrogen and oxygen atoms in total. The van der Waals surface area contributed by atoms with Crippen LogP contribution in [0.25, 0.3) is 0 Å². The standard InChI is InChI=1S/C14H10FIO2S/c15-12-8-11(5-6-13(12)16)19-10-3-1-9(2-4-10)7-14(17)18/h1-6,8H,7H2,(H,17,18). The largest absolute Gasteiger partial charge is 0.481 e. The molecule has 0 amide bonds. The number of carboxylic acid groups (broad SMARTS) is 1. The SMILES string of the molecule is O=C(O)Cc1ccc(Sc2ccc(I)c(F)c2)cc1. The molecule has 1 N–H and O–H groups in total. The van der Waals surface area contributed by atoms with E-state index in [1.807, 2.05) is 40.8 Å². The van der Waals surface area contributed by atoms with E-state index in [1.165, 1.54) is 17.8 Å². The Morgan fingerprint density at radius 3 is 2.37 bits per heavy atom. The molecule has 0 spiro atoms. The van der Waals surface area contributed by atoms with Gasteiger partial charge in [0.25, 0.3) is 0 Å². The highest BCUT2D eigenvalue weighted by atomic mass is 127. The van der Waals surface area contributed by atoms with Gasteiger partial charge in [0, 0.05) is 13.4 Å². The minimum Gasteiger partial charge on any atom is -0.481 e. The van der Waals surface area contributed by atoms with Gasteiger partial charge in [0.2, 0.25) is 0 Å². The van der Waals surface area contributed by atoms with E-state index >= 15 is 0 Å². The van der Waals surface area contributed by atoms with Gasteiger partial charge in [-0.05, 0) is 58.5 Å². The number of carboxylic acids is 1. The van der Waals surface area contributed by atoms with Gasteiger partial charge < -0.3 is 5.11 Å². The van der Waals surface area contributed by atoms with Gasteiger partial charge >= 0.3 is 5.97 Å². The summed E-state index contributed by atoms with van der Waals surface area (Å²) in [4.78, 5) is 12.3. The molecule has 0 saturated carbocycles. The fourth-order valence-corrected chi connectivity index (χ4v) is 2.70. The average Bonchev–Trinajstić information content (AvgIpc) is 2.36. The number of hydrogen-bond acceptors (Lipinski definition) is 2. The highest BCUT2D eigenvalue weighted by Crippen LogP contribution is 2.29. The number of benzene rings is 2. The van der Waals surface area contributed by atoms with Crippen molar-refractivity contribution in [1.29, 1.82) is 0 Å². The molecule has 5 heteroatoms. The van der Waals surface area contributed by atoms with Crippen molar-refractivity contribution in [2.45, 2.75) is 16.2 Å². The molecule has 0 bridgehead atoms. The zero-order valence-corrected chi connectivity index (χ0v) is 12.7. The monoisotopic (exact) mass is 388 g/mol. The fourth-order valence-electron chi connectivity index (χ4n) is 1.53. The van der Waals surface area contributed by atoms with E-state index in [-0.39, 0.29) is 12.2 Å². The Morgan fingerprint density at radius 1 is 1.16 bits per heavy atom. The van der Waals surface area contributed by atoms with Gasteiger partial charge in [-0.25, -0.2) is 4.39 Å². The fraction of sp³-hybridized carbons (Fsp3) is 0.0714. The topological polar surface area (TPSA) is 37.3 Å². The molecule has 0 saturated heterocycles. The van der Waals surface area contributed by atoms with Crippen LogP contribution in [0.1, 0.15) is 5.56 Å².